The van der Waals surface area contributed by atoms with Crippen LogP contribution in [0.1, 0.15) is 11.1 Å². The molecule has 0 bridgehead atoms. The number of ether oxygens (including phenoxy) is 1. The monoisotopic (exact) mass is 376 g/mol. The first-order valence-electron chi connectivity index (χ1n) is 6.04. The van der Waals surface area contributed by atoms with E-state index in [2.05, 4.69) is 31.0 Å². The fourth-order valence-corrected chi connectivity index (χ4v) is 2.68. The van der Waals surface area contributed by atoms with Crippen LogP contribution in [-0.4, -0.2) is 11.6 Å². The topological polar surface area (TPSA) is 34.2 Å². The molecule has 0 amide bonds. The molecule has 2 aromatic rings. The molecule has 0 saturated heterocycles. The fraction of sp³-hybridized carbons (Fsp3) is 0.214. The fourth-order valence-electron chi connectivity index (χ4n) is 1.77. The summed E-state index contributed by atoms with van der Waals surface area (Å²) in [7, 11) is 0. The molecule has 0 aliphatic rings. The van der Waals surface area contributed by atoms with Gasteiger partial charge >= 0.3 is 6.61 Å². The lowest BCUT2D eigenvalue weighted by Crippen LogP contribution is -2.08. The van der Waals surface area contributed by atoms with Gasteiger partial charge in [0.2, 0.25) is 0 Å². The zero-order valence-electron chi connectivity index (χ0n) is 11.0. The van der Waals surface area contributed by atoms with Crippen molar-refractivity contribution < 1.29 is 13.5 Å². The van der Waals surface area contributed by atoms with Gasteiger partial charge in [-0.1, -0.05) is 11.6 Å². The van der Waals surface area contributed by atoms with Crippen molar-refractivity contribution in [2.24, 2.45) is 0 Å². The lowest BCUT2D eigenvalue weighted by Gasteiger charge is -2.15. The van der Waals surface area contributed by atoms with Crippen molar-refractivity contribution in [3.63, 3.8) is 0 Å². The number of aryl methyl sites for hydroxylation is 1. The molecule has 2 rings (SSSR count). The van der Waals surface area contributed by atoms with Gasteiger partial charge < -0.3 is 10.1 Å². The van der Waals surface area contributed by atoms with Gasteiger partial charge in [-0.2, -0.15) is 8.78 Å². The molecule has 112 valence electrons. The van der Waals surface area contributed by atoms with E-state index >= 15 is 0 Å². The number of nitrogens with zero attached hydrogens (tertiary/aromatic N) is 1. The van der Waals surface area contributed by atoms with Gasteiger partial charge in [0.15, 0.2) is 5.75 Å². The number of aromatic nitrogens is 1. The predicted molar refractivity (Wildman–Crippen MR) is 82.1 cm³/mol. The molecular formula is C14H12BrClF2N2O. The van der Waals surface area contributed by atoms with Gasteiger partial charge in [-0.3, -0.25) is 4.98 Å². The summed E-state index contributed by atoms with van der Waals surface area (Å²) >= 11 is 9.12. The molecule has 0 atom stereocenters. The van der Waals surface area contributed by atoms with Crippen LogP contribution in [-0.2, 0) is 6.54 Å². The number of pyridine rings is 1. The van der Waals surface area contributed by atoms with E-state index in [0.29, 0.717) is 21.7 Å². The highest BCUT2D eigenvalue weighted by Crippen LogP contribution is 2.37. The molecule has 3 nitrogen and oxygen atoms in total. The second kappa shape index (κ2) is 7.04. The number of alkyl halides is 2. The Bertz CT molecular complexity index is 640. The Morgan fingerprint density at radius 2 is 2.19 bits per heavy atom. The van der Waals surface area contributed by atoms with Crippen LogP contribution in [0.15, 0.2) is 35.1 Å². The standard InChI is InChI=1S/C14H12BrClF2N2O/c1-8-2-3-19-6-9(8)7-20-12-5-10(16)4-11(15)13(12)21-14(17)18/h2-6,14,20H,7H2,1H3. The highest BCUT2D eigenvalue weighted by atomic mass is 79.9. The van der Waals surface area contributed by atoms with Crippen molar-refractivity contribution in [3.05, 3.63) is 51.2 Å². The van der Waals surface area contributed by atoms with Crippen LogP contribution < -0.4 is 10.1 Å². The van der Waals surface area contributed by atoms with E-state index in [1.54, 1.807) is 12.4 Å². The summed E-state index contributed by atoms with van der Waals surface area (Å²) in [6, 6.07) is 4.91. The average molecular weight is 378 g/mol. The summed E-state index contributed by atoms with van der Waals surface area (Å²) < 4.78 is 29.9. The first-order chi connectivity index (χ1) is 9.97. The van der Waals surface area contributed by atoms with Crippen molar-refractivity contribution >= 4 is 33.2 Å². The van der Waals surface area contributed by atoms with Crippen LogP contribution in [0, 0.1) is 6.92 Å². The molecule has 0 aliphatic carbocycles. The second-order valence-electron chi connectivity index (χ2n) is 4.30. The van der Waals surface area contributed by atoms with E-state index in [0.717, 1.165) is 11.1 Å². The van der Waals surface area contributed by atoms with E-state index in [1.807, 2.05) is 13.0 Å². The average Bonchev–Trinajstić information content (AvgIpc) is 2.41. The van der Waals surface area contributed by atoms with Crippen LogP contribution >= 0.6 is 27.5 Å². The molecule has 0 spiro atoms. The third kappa shape index (κ3) is 4.28. The van der Waals surface area contributed by atoms with Gasteiger partial charge in [0.1, 0.15) is 0 Å². The van der Waals surface area contributed by atoms with E-state index in [1.165, 1.54) is 12.1 Å². The van der Waals surface area contributed by atoms with Gasteiger partial charge in [0.05, 0.1) is 10.2 Å². The van der Waals surface area contributed by atoms with Gasteiger partial charge in [0, 0.05) is 24.0 Å². The third-order valence-corrected chi connectivity index (χ3v) is 3.64. The Hall–Kier alpha value is -1.40. The molecule has 0 saturated carbocycles. The maximum absolute atomic E-state index is 12.5. The summed E-state index contributed by atoms with van der Waals surface area (Å²) in [6.45, 7) is -0.544. The highest BCUT2D eigenvalue weighted by Gasteiger charge is 2.15. The minimum absolute atomic E-state index is 0.0240. The lowest BCUT2D eigenvalue weighted by atomic mass is 10.1. The summed E-state index contributed by atoms with van der Waals surface area (Å²) in [5.41, 5.74) is 2.39. The summed E-state index contributed by atoms with van der Waals surface area (Å²) in [5.74, 6) is 0.0240. The third-order valence-electron chi connectivity index (χ3n) is 2.83. The van der Waals surface area contributed by atoms with Crippen molar-refractivity contribution in [2.45, 2.75) is 20.1 Å². The summed E-state index contributed by atoms with van der Waals surface area (Å²) in [5, 5.41) is 3.46. The molecule has 1 heterocycles. The van der Waals surface area contributed by atoms with Gasteiger partial charge in [-0.25, -0.2) is 0 Å². The SMILES string of the molecule is Cc1ccncc1CNc1cc(Cl)cc(Br)c1OC(F)F. The normalized spacial score (nSPS) is 10.8. The van der Waals surface area contributed by atoms with Gasteiger partial charge in [-0.05, 0) is 52.2 Å². The molecule has 0 unspecified atom stereocenters. The number of hydrogen-bond donors (Lipinski definition) is 1. The Labute approximate surface area is 134 Å². The number of anilines is 1. The van der Waals surface area contributed by atoms with E-state index in [-0.39, 0.29) is 5.75 Å². The Balaban J connectivity index is 2.24. The van der Waals surface area contributed by atoms with Gasteiger partial charge in [-0.15, -0.1) is 0 Å². The molecule has 0 aliphatic heterocycles. The minimum atomic E-state index is -2.91. The molecular weight excluding hydrogens is 366 g/mol. The quantitative estimate of drug-likeness (QED) is 0.794. The minimum Gasteiger partial charge on any atom is -0.431 e. The maximum Gasteiger partial charge on any atom is 0.387 e. The molecule has 1 aromatic heterocycles. The molecule has 0 radical (unpaired) electrons. The van der Waals surface area contributed by atoms with Crippen LogP contribution in [0.4, 0.5) is 14.5 Å². The Kier molecular flexibility index (Phi) is 5.36. The Morgan fingerprint density at radius 3 is 2.86 bits per heavy atom. The van der Waals surface area contributed by atoms with Crippen LogP contribution in [0.2, 0.25) is 5.02 Å². The van der Waals surface area contributed by atoms with Gasteiger partial charge in [0.25, 0.3) is 0 Å². The summed E-state index contributed by atoms with van der Waals surface area (Å²) in [4.78, 5) is 4.04. The van der Waals surface area contributed by atoms with Crippen LogP contribution in [0.5, 0.6) is 5.75 Å². The smallest absolute Gasteiger partial charge is 0.387 e. The number of halogens is 4. The summed E-state index contributed by atoms with van der Waals surface area (Å²) in [6.07, 6.45) is 3.41. The molecule has 21 heavy (non-hydrogen) atoms. The second-order valence-corrected chi connectivity index (χ2v) is 5.59. The lowest BCUT2D eigenvalue weighted by molar-refractivity contribution is -0.0498. The van der Waals surface area contributed by atoms with E-state index in [9.17, 15) is 8.78 Å². The number of rotatable bonds is 5. The van der Waals surface area contributed by atoms with Crippen molar-refractivity contribution in [2.75, 3.05) is 5.32 Å². The van der Waals surface area contributed by atoms with Crippen LogP contribution in [0.25, 0.3) is 0 Å². The maximum atomic E-state index is 12.5. The highest BCUT2D eigenvalue weighted by molar-refractivity contribution is 9.10. The molecule has 1 N–H and O–H groups in total. The molecule has 7 heteroatoms. The first kappa shape index (κ1) is 16.0. The van der Waals surface area contributed by atoms with Crippen molar-refractivity contribution in [1.82, 2.24) is 4.98 Å². The van der Waals surface area contributed by atoms with Crippen molar-refractivity contribution in [3.8, 4) is 5.75 Å². The van der Waals surface area contributed by atoms with E-state index < -0.39 is 6.61 Å². The zero-order valence-corrected chi connectivity index (χ0v) is 13.4. The molecule has 1 aromatic carbocycles. The predicted octanol–water partition coefficient (Wildman–Crippen LogP) is 5.02. The molecule has 0 fully saturated rings. The largest absolute Gasteiger partial charge is 0.431 e. The van der Waals surface area contributed by atoms with Crippen LogP contribution in [0.3, 0.4) is 0 Å². The van der Waals surface area contributed by atoms with E-state index in [4.69, 9.17) is 11.6 Å². The Morgan fingerprint density at radius 1 is 1.43 bits per heavy atom. The number of hydrogen-bond acceptors (Lipinski definition) is 3. The number of benzene rings is 1. The number of nitrogens with one attached hydrogen (secondary N) is 1. The van der Waals surface area contributed by atoms with Crippen molar-refractivity contribution in [1.29, 1.82) is 0 Å². The zero-order chi connectivity index (χ0) is 15.4. The first-order valence-corrected chi connectivity index (χ1v) is 7.21.